The topological polar surface area (TPSA) is 29.9 Å². The van der Waals surface area contributed by atoms with Crippen molar-refractivity contribution in [2.24, 2.45) is 7.05 Å². The maximum absolute atomic E-state index is 4.53. The van der Waals surface area contributed by atoms with Crippen LogP contribution in [0, 0.1) is 6.92 Å². The van der Waals surface area contributed by atoms with Crippen LogP contribution in [0.3, 0.4) is 0 Å². The largest absolute Gasteiger partial charge is 0.309 e. The lowest BCUT2D eigenvalue weighted by molar-refractivity contribution is 0.536. The molecule has 0 saturated carbocycles. The summed E-state index contributed by atoms with van der Waals surface area (Å²) in [5.41, 5.74) is 2.48. The highest BCUT2D eigenvalue weighted by Gasteiger charge is 2.15. The fraction of sp³-hybridized carbons (Fsp3) is 0.533. The van der Waals surface area contributed by atoms with Crippen LogP contribution in [-0.4, -0.2) is 16.3 Å². The van der Waals surface area contributed by atoms with Gasteiger partial charge >= 0.3 is 0 Å². The first-order valence-electron chi connectivity index (χ1n) is 6.95. The molecular weight excluding hydrogens is 254 g/mol. The normalized spacial score (nSPS) is 12.8. The van der Waals surface area contributed by atoms with Gasteiger partial charge in [0.1, 0.15) is 0 Å². The van der Waals surface area contributed by atoms with Crippen LogP contribution < -0.4 is 5.32 Å². The third kappa shape index (κ3) is 3.45. The van der Waals surface area contributed by atoms with Gasteiger partial charge in [-0.1, -0.05) is 13.8 Å². The van der Waals surface area contributed by atoms with Crippen molar-refractivity contribution >= 4 is 11.3 Å². The summed E-state index contributed by atoms with van der Waals surface area (Å²) in [7, 11) is 2.04. The van der Waals surface area contributed by atoms with Gasteiger partial charge in [0.2, 0.25) is 0 Å². The molecule has 0 aromatic carbocycles. The lowest BCUT2D eigenvalue weighted by Gasteiger charge is -2.16. The van der Waals surface area contributed by atoms with Crippen LogP contribution in [0.25, 0.3) is 0 Å². The van der Waals surface area contributed by atoms with Crippen molar-refractivity contribution in [3.05, 3.63) is 39.3 Å². The van der Waals surface area contributed by atoms with Crippen LogP contribution in [0.15, 0.2) is 18.2 Å². The third-order valence-corrected chi connectivity index (χ3v) is 4.47. The van der Waals surface area contributed by atoms with Crippen molar-refractivity contribution in [2.45, 2.75) is 39.7 Å². The molecule has 104 valence electrons. The van der Waals surface area contributed by atoms with Gasteiger partial charge in [-0.25, -0.2) is 0 Å². The quantitative estimate of drug-likeness (QED) is 0.878. The second kappa shape index (κ2) is 6.35. The van der Waals surface area contributed by atoms with Crippen LogP contribution in [-0.2, 0) is 19.9 Å². The fourth-order valence-corrected chi connectivity index (χ4v) is 3.26. The third-order valence-electron chi connectivity index (χ3n) is 3.36. The number of nitrogens with zero attached hydrogens (tertiary/aromatic N) is 2. The fourth-order valence-electron chi connectivity index (χ4n) is 2.30. The highest BCUT2D eigenvalue weighted by molar-refractivity contribution is 7.12. The molecule has 1 N–H and O–H groups in total. The summed E-state index contributed by atoms with van der Waals surface area (Å²) in [4.78, 5) is 2.79. The first kappa shape index (κ1) is 14.3. The second-order valence-electron chi connectivity index (χ2n) is 4.87. The van der Waals surface area contributed by atoms with Crippen molar-refractivity contribution < 1.29 is 0 Å². The van der Waals surface area contributed by atoms with E-state index in [4.69, 9.17) is 0 Å². The van der Waals surface area contributed by atoms with Crippen LogP contribution in [0.1, 0.15) is 41.0 Å². The minimum atomic E-state index is 0.392. The minimum absolute atomic E-state index is 0.392. The summed E-state index contributed by atoms with van der Waals surface area (Å²) >= 11 is 1.88. The molecule has 19 heavy (non-hydrogen) atoms. The second-order valence-corrected chi connectivity index (χ2v) is 6.19. The van der Waals surface area contributed by atoms with E-state index in [2.05, 4.69) is 49.4 Å². The van der Waals surface area contributed by atoms with E-state index in [1.165, 1.54) is 21.1 Å². The number of thiophene rings is 1. The van der Waals surface area contributed by atoms with Gasteiger partial charge in [-0.05, 0) is 38.1 Å². The minimum Gasteiger partial charge on any atom is -0.309 e. The highest BCUT2D eigenvalue weighted by Crippen LogP contribution is 2.25. The summed E-state index contributed by atoms with van der Waals surface area (Å²) in [6.45, 7) is 7.46. The average Bonchev–Trinajstić information content (AvgIpc) is 2.96. The molecule has 3 nitrogen and oxygen atoms in total. The maximum Gasteiger partial charge on any atom is 0.0624 e. The Kier molecular flexibility index (Phi) is 4.77. The number of aromatic nitrogens is 2. The van der Waals surface area contributed by atoms with Gasteiger partial charge in [0.25, 0.3) is 0 Å². The Balaban J connectivity index is 2.18. The highest BCUT2D eigenvalue weighted by atomic mass is 32.1. The summed E-state index contributed by atoms with van der Waals surface area (Å²) in [6, 6.07) is 7.06. The van der Waals surface area contributed by atoms with E-state index in [0.717, 1.165) is 19.4 Å². The molecule has 0 saturated heterocycles. The van der Waals surface area contributed by atoms with Crippen LogP contribution in [0.5, 0.6) is 0 Å². The summed E-state index contributed by atoms with van der Waals surface area (Å²) in [5, 5.41) is 8.12. The summed E-state index contributed by atoms with van der Waals surface area (Å²) in [5.74, 6) is 0. The van der Waals surface area contributed by atoms with Crippen LogP contribution >= 0.6 is 11.3 Å². The molecular formula is C15H23N3S. The molecule has 0 amide bonds. The van der Waals surface area contributed by atoms with Crippen LogP contribution in [0.4, 0.5) is 0 Å². The van der Waals surface area contributed by atoms with Gasteiger partial charge in [-0.2, -0.15) is 5.10 Å². The molecule has 0 bridgehead atoms. The molecule has 0 radical (unpaired) electrons. The Labute approximate surface area is 119 Å². The molecule has 0 aliphatic heterocycles. The summed E-state index contributed by atoms with van der Waals surface area (Å²) < 4.78 is 2.02. The van der Waals surface area contributed by atoms with Gasteiger partial charge in [0, 0.05) is 35.0 Å². The van der Waals surface area contributed by atoms with Gasteiger partial charge in [-0.3, -0.25) is 4.68 Å². The van der Waals surface area contributed by atoms with E-state index in [1.54, 1.807) is 0 Å². The van der Waals surface area contributed by atoms with Crippen LogP contribution in [0.2, 0.25) is 0 Å². The molecule has 0 aliphatic carbocycles. The molecule has 2 aromatic heterocycles. The van der Waals surface area contributed by atoms with E-state index >= 15 is 0 Å². The number of hydrogen-bond donors (Lipinski definition) is 1. The van der Waals surface area contributed by atoms with Gasteiger partial charge < -0.3 is 5.32 Å². The van der Waals surface area contributed by atoms with Gasteiger partial charge in [-0.15, -0.1) is 11.3 Å². The molecule has 0 aliphatic rings. The van der Waals surface area contributed by atoms with Crippen molar-refractivity contribution in [1.82, 2.24) is 15.1 Å². The first-order valence-corrected chi connectivity index (χ1v) is 7.77. The Morgan fingerprint density at radius 3 is 2.68 bits per heavy atom. The Hall–Kier alpha value is -1.13. The van der Waals surface area contributed by atoms with E-state index in [1.807, 2.05) is 23.1 Å². The average molecular weight is 277 g/mol. The van der Waals surface area contributed by atoms with E-state index in [9.17, 15) is 0 Å². The lowest BCUT2D eigenvalue weighted by Crippen LogP contribution is -2.23. The molecule has 4 heteroatoms. The molecule has 0 fully saturated rings. The lowest BCUT2D eigenvalue weighted by atomic mass is 10.1. The number of nitrogens with one attached hydrogen (secondary N) is 1. The van der Waals surface area contributed by atoms with Gasteiger partial charge in [0.15, 0.2) is 0 Å². The SMILES string of the molecule is CCNC(Cc1cc(CC)nn1C)c1ccc(C)s1. The van der Waals surface area contributed by atoms with Crippen molar-refractivity contribution in [1.29, 1.82) is 0 Å². The molecule has 1 atom stereocenters. The van der Waals surface area contributed by atoms with Crippen molar-refractivity contribution in [3.8, 4) is 0 Å². The smallest absolute Gasteiger partial charge is 0.0624 e. The Bertz CT molecular complexity index is 527. The molecule has 2 heterocycles. The molecule has 0 spiro atoms. The summed E-state index contributed by atoms with van der Waals surface area (Å²) in [6.07, 6.45) is 2.00. The Morgan fingerprint density at radius 2 is 2.16 bits per heavy atom. The molecule has 1 unspecified atom stereocenters. The number of hydrogen-bond acceptors (Lipinski definition) is 3. The zero-order valence-electron chi connectivity index (χ0n) is 12.2. The zero-order valence-corrected chi connectivity index (χ0v) is 13.0. The predicted octanol–water partition coefficient (Wildman–Crippen LogP) is 3.25. The Morgan fingerprint density at radius 1 is 1.37 bits per heavy atom. The van der Waals surface area contributed by atoms with E-state index in [0.29, 0.717) is 6.04 Å². The van der Waals surface area contributed by atoms with Crippen molar-refractivity contribution in [2.75, 3.05) is 6.54 Å². The zero-order chi connectivity index (χ0) is 13.8. The first-order chi connectivity index (χ1) is 9.13. The standard InChI is InChI=1S/C15H23N3S/c1-5-12-9-13(18(4)17-12)10-14(16-6-2)15-8-7-11(3)19-15/h7-9,14,16H,5-6,10H2,1-4H3. The van der Waals surface area contributed by atoms with E-state index in [-0.39, 0.29) is 0 Å². The monoisotopic (exact) mass is 277 g/mol. The molecule has 2 aromatic rings. The number of likely N-dealkylation sites (N-methyl/N-ethyl adjacent to an activating group) is 1. The number of rotatable bonds is 6. The van der Waals surface area contributed by atoms with E-state index < -0.39 is 0 Å². The van der Waals surface area contributed by atoms with Crippen molar-refractivity contribution in [3.63, 3.8) is 0 Å². The maximum atomic E-state index is 4.53. The number of aryl methyl sites for hydroxylation is 3. The van der Waals surface area contributed by atoms with Gasteiger partial charge in [0.05, 0.1) is 5.69 Å². The predicted molar refractivity (Wildman–Crippen MR) is 81.8 cm³/mol. The molecule has 2 rings (SSSR count).